The second-order valence-electron chi connectivity index (χ2n) is 7.67. The summed E-state index contributed by atoms with van der Waals surface area (Å²) in [5.41, 5.74) is 4.31. The van der Waals surface area contributed by atoms with Crippen LogP contribution in [0.1, 0.15) is 49.6 Å². The molecule has 7 heteroatoms. The van der Waals surface area contributed by atoms with Crippen molar-refractivity contribution in [1.82, 2.24) is 15.1 Å². The van der Waals surface area contributed by atoms with Crippen molar-refractivity contribution in [3.8, 4) is 5.69 Å². The third kappa shape index (κ3) is 7.35. The molecule has 1 heterocycles. The topological polar surface area (TPSA) is 64.0 Å². The fraction of sp³-hybridized carbons (Fsp3) is 0.259. The number of amides is 1. The van der Waals surface area contributed by atoms with Crippen molar-refractivity contribution < 1.29 is 13.4 Å². The van der Waals surface area contributed by atoms with Crippen LogP contribution in [0.2, 0.25) is 0 Å². The van der Waals surface area contributed by atoms with Crippen LogP contribution in [0.4, 0.5) is 4.39 Å². The number of nitrogens with zero attached hydrogens (tertiary/aromatic N) is 2. The molecule has 180 valence electrons. The van der Waals surface area contributed by atoms with Gasteiger partial charge in [-0.2, -0.15) is 5.10 Å². The maximum Gasteiger partial charge on any atom is 0.251 e. The van der Waals surface area contributed by atoms with Crippen LogP contribution in [-0.4, -0.2) is 26.2 Å². The molecule has 0 aliphatic carbocycles. The Morgan fingerprint density at radius 2 is 1.82 bits per heavy atom. The first kappa shape index (κ1) is 26.9. The van der Waals surface area contributed by atoms with Gasteiger partial charge in [0.1, 0.15) is 5.82 Å². The summed E-state index contributed by atoms with van der Waals surface area (Å²) in [6, 6.07) is 13.6. The number of carbonyl (C=O) groups excluding carboxylic acids is 1. The second-order valence-corrected chi connectivity index (χ2v) is 9.10. The van der Waals surface area contributed by atoms with Gasteiger partial charge in [0.05, 0.1) is 17.6 Å². The number of hydrogen-bond acceptors (Lipinski definition) is 3. The van der Waals surface area contributed by atoms with E-state index in [9.17, 15) is 13.4 Å². The van der Waals surface area contributed by atoms with Gasteiger partial charge >= 0.3 is 0 Å². The molecular weight excluding hydrogens is 449 g/mol. The fourth-order valence-corrected chi connectivity index (χ4v) is 3.95. The van der Waals surface area contributed by atoms with Crippen LogP contribution < -0.4 is 5.32 Å². The fourth-order valence-electron chi connectivity index (χ4n) is 3.30. The smallest absolute Gasteiger partial charge is 0.251 e. The van der Waals surface area contributed by atoms with Crippen molar-refractivity contribution in [1.29, 1.82) is 0 Å². The largest absolute Gasteiger partial charge is 0.348 e. The van der Waals surface area contributed by atoms with Gasteiger partial charge in [0.2, 0.25) is 0 Å². The molecule has 0 saturated carbocycles. The lowest BCUT2D eigenvalue weighted by Gasteiger charge is -2.11. The van der Waals surface area contributed by atoms with Gasteiger partial charge in [-0.1, -0.05) is 57.2 Å². The first-order valence-electron chi connectivity index (χ1n) is 11.1. The molecule has 0 saturated heterocycles. The maximum absolute atomic E-state index is 13.3. The monoisotopic (exact) mass is 481 g/mol. The molecule has 0 fully saturated rings. The Kier molecular flexibility index (Phi) is 10.6. The zero-order valence-corrected chi connectivity index (χ0v) is 21.0. The van der Waals surface area contributed by atoms with Crippen LogP contribution in [0.25, 0.3) is 17.3 Å². The number of hydrogen-bond donors (Lipinski definition) is 1. The Morgan fingerprint density at radius 1 is 1.18 bits per heavy atom. The van der Waals surface area contributed by atoms with Gasteiger partial charge < -0.3 is 5.32 Å². The van der Waals surface area contributed by atoms with E-state index in [1.165, 1.54) is 18.6 Å². The minimum atomic E-state index is -0.926. The van der Waals surface area contributed by atoms with E-state index in [0.717, 1.165) is 11.1 Å². The van der Waals surface area contributed by atoms with Crippen molar-refractivity contribution in [2.24, 2.45) is 0 Å². The summed E-state index contributed by atoms with van der Waals surface area (Å²) in [7, 11) is -0.926. The normalized spacial score (nSPS) is 11.9. The van der Waals surface area contributed by atoms with Crippen molar-refractivity contribution in [3.63, 3.8) is 0 Å². The Labute approximate surface area is 203 Å². The number of rotatable bonds is 8. The zero-order chi connectivity index (χ0) is 25.1. The summed E-state index contributed by atoms with van der Waals surface area (Å²) in [6.07, 6.45) is 7.87. The predicted octanol–water partition coefficient (Wildman–Crippen LogP) is 5.67. The van der Waals surface area contributed by atoms with Crippen LogP contribution in [0.5, 0.6) is 0 Å². The SMILES string of the molecule is C=Cc1c(/C(=C\C)C(=O)NCc2cccc(CS(C)=O)c2)cnn1-c1ccc(F)cc1.CCC. The molecule has 5 nitrogen and oxygen atoms in total. The minimum Gasteiger partial charge on any atom is -0.348 e. The van der Waals surface area contributed by atoms with Crippen LogP contribution in [-0.2, 0) is 27.9 Å². The molecule has 0 radical (unpaired) electrons. The molecule has 2 aromatic carbocycles. The maximum atomic E-state index is 13.3. The number of carbonyl (C=O) groups is 1. The van der Waals surface area contributed by atoms with Gasteiger partial charge in [-0.15, -0.1) is 0 Å². The Hall–Kier alpha value is -3.32. The van der Waals surface area contributed by atoms with E-state index in [2.05, 4.69) is 30.8 Å². The molecule has 3 rings (SSSR count). The molecule has 0 aliphatic heterocycles. The predicted molar refractivity (Wildman–Crippen MR) is 139 cm³/mol. The molecule has 0 aliphatic rings. The molecule has 0 bridgehead atoms. The lowest BCUT2D eigenvalue weighted by atomic mass is 10.0. The molecular formula is C27H32FN3O2S. The number of benzene rings is 2. The van der Waals surface area contributed by atoms with E-state index in [4.69, 9.17) is 0 Å². The van der Waals surface area contributed by atoms with Gasteiger partial charge in [0.25, 0.3) is 5.91 Å². The zero-order valence-electron chi connectivity index (χ0n) is 20.2. The number of allylic oxidation sites excluding steroid dienone is 1. The van der Waals surface area contributed by atoms with Gasteiger partial charge in [-0.3, -0.25) is 9.00 Å². The average molecular weight is 482 g/mol. The molecule has 1 aromatic heterocycles. The Balaban J connectivity index is 0.00000129. The van der Waals surface area contributed by atoms with Crippen molar-refractivity contribution in [3.05, 3.63) is 95.6 Å². The minimum absolute atomic E-state index is 0.242. The van der Waals surface area contributed by atoms with Crippen LogP contribution in [0, 0.1) is 5.82 Å². The van der Waals surface area contributed by atoms with E-state index in [1.54, 1.807) is 48.3 Å². The third-order valence-electron chi connectivity index (χ3n) is 4.71. The molecule has 0 spiro atoms. The molecule has 1 unspecified atom stereocenters. The number of aromatic nitrogens is 2. The highest BCUT2D eigenvalue weighted by Gasteiger charge is 2.18. The van der Waals surface area contributed by atoms with E-state index in [0.29, 0.717) is 34.8 Å². The van der Waals surface area contributed by atoms with E-state index < -0.39 is 10.8 Å². The molecule has 3 aromatic rings. The molecule has 1 amide bonds. The summed E-state index contributed by atoms with van der Waals surface area (Å²) in [4.78, 5) is 12.9. The first-order valence-corrected chi connectivity index (χ1v) is 12.9. The van der Waals surface area contributed by atoms with Gasteiger partial charge in [-0.05, 0) is 48.4 Å². The van der Waals surface area contributed by atoms with Crippen LogP contribution in [0.15, 0.2) is 67.4 Å². The first-order chi connectivity index (χ1) is 16.3. The lowest BCUT2D eigenvalue weighted by molar-refractivity contribution is -0.115. The molecule has 34 heavy (non-hydrogen) atoms. The van der Waals surface area contributed by atoms with Gasteiger partial charge in [0, 0.05) is 40.5 Å². The highest BCUT2D eigenvalue weighted by molar-refractivity contribution is 7.83. The number of nitrogens with one attached hydrogen (secondary N) is 1. The summed E-state index contributed by atoms with van der Waals surface area (Å²) < 4.78 is 26.3. The van der Waals surface area contributed by atoms with Crippen molar-refractivity contribution in [2.75, 3.05) is 6.26 Å². The molecule has 1 N–H and O–H groups in total. The third-order valence-corrected chi connectivity index (χ3v) is 5.45. The van der Waals surface area contributed by atoms with Gasteiger partial charge in [0.15, 0.2) is 0 Å². The van der Waals surface area contributed by atoms with E-state index in [-0.39, 0.29) is 11.7 Å². The van der Waals surface area contributed by atoms with E-state index >= 15 is 0 Å². The number of halogens is 1. The molecule has 1 atom stereocenters. The van der Waals surface area contributed by atoms with Crippen molar-refractivity contribution >= 4 is 28.4 Å². The lowest BCUT2D eigenvalue weighted by Crippen LogP contribution is -2.24. The summed E-state index contributed by atoms with van der Waals surface area (Å²) in [5, 5.41) is 7.30. The summed E-state index contributed by atoms with van der Waals surface area (Å²) in [6.45, 7) is 10.2. The van der Waals surface area contributed by atoms with Crippen LogP contribution in [0.3, 0.4) is 0 Å². The quantitative estimate of drug-likeness (QED) is 0.422. The average Bonchev–Trinajstić information content (AvgIpc) is 3.23. The standard InChI is InChI=1S/C24H24FN3O2S.C3H8/c1-4-21(24(29)26-14-17-7-6-8-18(13-17)16-31(3)30)22-15-27-28(23(22)5-2)20-11-9-19(25)10-12-20;1-3-2/h4-13,15H,2,14,16H2,1,3H3,(H,26,29);3H2,1-2H3/b21-4+;. The Bertz CT molecular complexity index is 1170. The second kappa shape index (κ2) is 13.4. The van der Waals surface area contributed by atoms with Crippen molar-refractivity contribution in [2.45, 2.75) is 39.5 Å². The van der Waals surface area contributed by atoms with Crippen LogP contribution >= 0.6 is 0 Å². The summed E-state index contributed by atoms with van der Waals surface area (Å²) >= 11 is 0. The Morgan fingerprint density at radius 3 is 2.41 bits per heavy atom. The van der Waals surface area contributed by atoms with E-state index in [1.807, 2.05) is 24.3 Å². The highest BCUT2D eigenvalue weighted by atomic mass is 32.2. The highest BCUT2D eigenvalue weighted by Crippen LogP contribution is 2.24. The summed E-state index contributed by atoms with van der Waals surface area (Å²) in [5.74, 6) is -0.0968. The van der Waals surface area contributed by atoms with Gasteiger partial charge in [-0.25, -0.2) is 9.07 Å².